The molecule has 0 aliphatic carbocycles. The average Bonchev–Trinajstić information content (AvgIpc) is 2.95. The van der Waals surface area contributed by atoms with Crippen LogP contribution in [0.2, 0.25) is 0 Å². The summed E-state index contributed by atoms with van der Waals surface area (Å²) >= 11 is 1.66. The van der Waals surface area contributed by atoms with Gasteiger partial charge in [-0.15, -0.1) is 10.2 Å². The topological polar surface area (TPSA) is 58.4 Å². The van der Waals surface area contributed by atoms with Crippen LogP contribution < -0.4 is 4.74 Å². The first-order valence-corrected chi connectivity index (χ1v) is 8.12. The third kappa shape index (κ3) is 3.43. The van der Waals surface area contributed by atoms with Gasteiger partial charge in [-0.05, 0) is 30.7 Å². The molecule has 1 atom stereocenters. The maximum absolute atomic E-state index is 5.54. The molecule has 1 saturated heterocycles. The highest BCUT2D eigenvalue weighted by Gasteiger charge is 2.17. The largest absolute Gasteiger partial charge is 0.497 e. The molecule has 1 aliphatic rings. The number of rotatable bonds is 5. The lowest BCUT2D eigenvalue weighted by Crippen LogP contribution is -2.25. The van der Waals surface area contributed by atoms with Crippen molar-refractivity contribution in [3.8, 4) is 17.1 Å². The molecule has 2 aromatic rings. The first kappa shape index (κ1) is 15.3. The maximum Gasteiger partial charge on any atom is 0.191 e. The zero-order valence-electron chi connectivity index (χ0n) is 12.7. The van der Waals surface area contributed by atoms with Gasteiger partial charge >= 0.3 is 0 Å². The predicted octanol–water partition coefficient (Wildman–Crippen LogP) is 2.35. The maximum atomic E-state index is 5.54. The van der Waals surface area contributed by atoms with Crippen molar-refractivity contribution in [1.82, 2.24) is 14.8 Å². The summed E-state index contributed by atoms with van der Waals surface area (Å²) in [4.78, 5) is 0. The second-order valence-corrected chi connectivity index (χ2v) is 6.00. The van der Waals surface area contributed by atoms with E-state index in [0.29, 0.717) is 6.79 Å². The fraction of sp³-hybridized carbons (Fsp3) is 0.467. The van der Waals surface area contributed by atoms with Crippen molar-refractivity contribution in [2.45, 2.75) is 17.7 Å². The van der Waals surface area contributed by atoms with Crippen LogP contribution in [0.25, 0.3) is 11.4 Å². The van der Waals surface area contributed by atoms with Crippen molar-refractivity contribution >= 4 is 11.8 Å². The van der Waals surface area contributed by atoms with Crippen LogP contribution in [0.15, 0.2) is 29.4 Å². The van der Waals surface area contributed by atoms with Crippen molar-refractivity contribution in [2.24, 2.45) is 7.05 Å². The fourth-order valence-corrected chi connectivity index (χ4v) is 3.21. The minimum Gasteiger partial charge on any atom is -0.497 e. The lowest BCUT2D eigenvalue weighted by atomic mass is 10.2. The summed E-state index contributed by atoms with van der Waals surface area (Å²) < 4.78 is 17.9. The Labute approximate surface area is 133 Å². The third-order valence-corrected chi connectivity index (χ3v) is 4.70. The van der Waals surface area contributed by atoms with E-state index in [1.807, 2.05) is 35.9 Å². The van der Waals surface area contributed by atoms with Gasteiger partial charge < -0.3 is 18.8 Å². The van der Waals surface area contributed by atoms with E-state index in [-0.39, 0.29) is 6.10 Å². The molecule has 0 saturated carbocycles. The summed E-state index contributed by atoms with van der Waals surface area (Å²) in [7, 11) is 3.64. The monoisotopic (exact) mass is 321 g/mol. The molecule has 22 heavy (non-hydrogen) atoms. The molecule has 0 spiro atoms. The lowest BCUT2D eigenvalue weighted by molar-refractivity contribution is -0.130. The zero-order chi connectivity index (χ0) is 15.4. The Balaban J connectivity index is 1.68. The van der Waals surface area contributed by atoms with Gasteiger partial charge in [0.1, 0.15) is 12.5 Å². The summed E-state index contributed by atoms with van der Waals surface area (Å²) in [6.07, 6.45) is 1.15. The molecule has 118 valence electrons. The van der Waals surface area contributed by atoms with E-state index < -0.39 is 0 Å². The van der Waals surface area contributed by atoms with E-state index >= 15 is 0 Å². The second-order valence-electron chi connectivity index (χ2n) is 5.01. The van der Waals surface area contributed by atoms with Gasteiger partial charge in [-0.2, -0.15) is 0 Å². The van der Waals surface area contributed by atoms with E-state index in [0.717, 1.165) is 41.1 Å². The summed E-state index contributed by atoms with van der Waals surface area (Å²) in [5.74, 6) is 2.54. The van der Waals surface area contributed by atoms with Gasteiger partial charge in [0.05, 0.1) is 19.8 Å². The van der Waals surface area contributed by atoms with Crippen molar-refractivity contribution in [1.29, 1.82) is 0 Å². The Kier molecular flexibility index (Phi) is 4.97. The summed E-state index contributed by atoms with van der Waals surface area (Å²) in [6.45, 7) is 1.16. The zero-order valence-corrected chi connectivity index (χ0v) is 13.5. The van der Waals surface area contributed by atoms with Crippen LogP contribution in [0.3, 0.4) is 0 Å². The first-order chi connectivity index (χ1) is 10.8. The van der Waals surface area contributed by atoms with Gasteiger partial charge in [0, 0.05) is 18.4 Å². The third-order valence-electron chi connectivity index (χ3n) is 3.55. The molecule has 7 heteroatoms. The van der Waals surface area contributed by atoms with Gasteiger partial charge in [-0.25, -0.2) is 0 Å². The molecule has 0 N–H and O–H groups in total. The van der Waals surface area contributed by atoms with E-state index in [1.165, 1.54) is 0 Å². The SMILES string of the molecule is COc1ccc(-c2nnc(SCC3CCOCO3)n2C)cc1. The van der Waals surface area contributed by atoms with Crippen LogP contribution in [-0.2, 0) is 16.5 Å². The van der Waals surface area contributed by atoms with Crippen molar-refractivity contribution in [3.05, 3.63) is 24.3 Å². The Hall–Kier alpha value is -1.57. The summed E-state index contributed by atoms with van der Waals surface area (Å²) in [5.41, 5.74) is 1.02. The fourth-order valence-electron chi connectivity index (χ4n) is 2.23. The normalized spacial score (nSPS) is 18.4. The van der Waals surface area contributed by atoms with Gasteiger partial charge in [-0.3, -0.25) is 0 Å². The standard InChI is InChI=1S/C15H19N3O3S/c1-18-14(11-3-5-12(19-2)6-4-11)16-17-15(18)22-9-13-7-8-20-10-21-13/h3-6,13H,7-10H2,1-2H3. The Bertz CT molecular complexity index is 609. The van der Waals surface area contributed by atoms with Gasteiger partial charge in [0.15, 0.2) is 11.0 Å². The van der Waals surface area contributed by atoms with Crippen LogP contribution in [0, 0.1) is 0 Å². The number of benzene rings is 1. The molecule has 0 bridgehead atoms. The van der Waals surface area contributed by atoms with Crippen LogP contribution in [0.4, 0.5) is 0 Å². The number of hydrogen-bond acceptors (Lipinski definition) is 6. The van der Waals surface area contributed by atoms with E-state index in [9.17, 15) is 0 Å². The molecule has 1 aliphatic heterocycles. The number of thioether (sulfide) groups is 1. The Morgan fingerprint density at radius 3 is 2.82 bits per heavy atom. The summed E-state index contributed by atoms with van der Waals surface area (Å²) in [5, 5.41) is 9.46. The number of aromatic nitrogens is 3. The number of methoxy groups -OCH3 is 1. The molecule has 1 fully saturated rings. The molecule has 3 rings (SSSR count). The van der Waals surface area contributed by atoms with Crippen molar-refractivity contribution in [3.63, 3.8) is 0 Å². The average molecular weight is 321 g/mol. The predicted molar refractivity (Wildman–Crippen MR) is 84.0 cm³/mol. The minimum absolute atomic E-state index is 0.222. The van der Waals surface area contributed by atoms with E-state index in [4.69, 9.17) is 14.2 Å². The van der Waals surface area contributed by atoms with Gasteiger partial charge in [-0.1, -0.05) is 11.8 Å². The highest BCUT2D eigenvalue weighted by atomic mass is 32.2. The molecular weight excluding hydrogens is 302 g/mol. The smallest absolute Gasteiger partial charge is 0.191 e. The first-order valence-electron chi connectivity index (χ1n) is 7.14. The lowest BCUT2D eigenvalue weighted by Gasteiger charge is -2.21. The molecular formula is C15H19N3O3S. The second kappa shape index (κ2) is 7.13. The molecule has 1 aromatic carbocycles. The minimum atomic E-state index is 0.222. The van der Waals surface area contributed by atoms with Crippen LogP contribution in [-0.4, -0.2) is 47.1 Å². The van der Waals surface area contributed by atoms with Crippen LogP contribution in [0.5, 0.6) is 5.75 Å². The summed E-state index contributed by atoms with van der Waals surface area (Å²) in [6, 6.07) is 7.82. The molecule has 2 heterocycles. The highest BCUT2D eigenvalue weighted by molar-refractivity contribution is 7.99. The molecule has 1 aromatic heterocycles. The molecule has 0 radical (unpaired) electrons. The van der Waals surface area contributed by atoms with Crippen LogP contribution in [0.1, 0.15) is 6.42 Å². The van der Waals surface area contributed by atoms with E-state index in [1.54, 1.807) is 18.9 Å². The molecule has 6 nitrogen and oxygen atoms in total. The number of ether oxygens (including phenoxy) is 3. The highest BCUT2D eigenvalue weighted by Crippen LogP contribution is 2.25. The number of hydrogen-bond donors (Lipinski definition) is 0. The van der Waals surface area contributed by atoms with E-state index in [2.05, 4.69) is 10.2 Å². The number of nitrogens with zero attached hydrogens (tertiary/aromatic N) is 3. The van der Waals surface area contributed by atoms with Crippen molar-refractivity contribution < 1.29 is 14.2 Å². The van der Waals surface area contributed by atoms with Gasteiger partial charge in [0.2, 0.25) is 0 Å². The molecule has 0 amide bonds. The van der Waals surface area contributed by atoms with Gasteiger partial charge in [0.25, 0.3) is 0 Å². The Morgan fingerprint density at radius 1 is 1.32 bits per heavy atom. The molecule has 1 unspecified atom stereocenters. The van der Waals surface area contributed by atoms with Crippen LogP contribution >= 0.6 is 11.8 Å². The quantitative estimate of drug-likeness (QED) is 0.788. The van der Waals surface area contributed by atoms with Crippen molar-refractivity contribution in [2.75, 3.05) is 26.3 Å². The Morgan fingerprint density at radius 2 is 2.14 bits per heavy atom.